The van der Waals surface area contributed by atoms with Crippen molar-refractivity contribution in [1.82, 2.24) is 9.91 Å². The van der Waals surface area contributed by atoms with Crippen molar-refractivity contribution in [2.45, 2.75) is 32.7 Å². The smallest absolute Gasteiger partial charge is 0.0542 e. The van der Waals surface area contributed by atoms with E-state index < -0.39 is 0 Å². The number of hydrazone groups is 1. The van der Waals surface area contributed by atoms with E-state index in [4.69, 9.17) is 0 Å². The molecule has 0 spiro atoms. The van der Waals surface area contributed by atoms with E-state index in [9.17, 15) is 0 Å². The molecule has 2 aromatic rings. The van der Waals surface area contributed by atoms with Crippen molar-refractivity contribution in [2.75, 3.05) is 26.2 Å². The zero-order valence-electron chi connectivity index (χ0n) is 15.7. The quantitative estimate of drug-likeness (QED) is 0.782. The Labute approximate surface area is 152 Å². The van der Waals surface area contributed by atoms with E-state index in [1.165, 1.54) is 16.7 Å². The number of rotatable bonds is 4. The van der Waals surface area contributed by atoms with Crippen LogP contribution in [0.15, 0.2) is 59.7 Å². The minimum absolute atomic E-state index is 0.199. The highest BCUT2D eigenvalue weighted by Gasteiger charge is 2.15. The summed E-state index contributed by atoms with van der Waals surface area (Å²) in [5, 5.41) is 6.85. The van der Waals surface area contributed by atoms with Crippen molar-refractivity contribution in [3.63, 3.8) is 0 Å². The third-order valence-corrected chi connectivity index (χ3v) is 4.74. The Balaban J connectivity index is 1.49. The summed E-state index contributed by atoms with van der Waals surface area (Å²) in [5.74, 6) is 0. The summed E-state index contributed by atoms with van der Waals surface area (Å²) in [4.78, 5) is 2.50. The van der Waals surface area contributed by atoms with Gasteiger partial charge in [-0.05, 0) is 22.1 Å². The molecule has 0 unspecified atom stereocenters. The van der Waals surface area contributed by atoms with Crippen LogP contribution in [0.2, 0.25) is 0 Å². The lowest BCUT2D eigenvalue weighted by molar-refractivity contribution is 0.131. The van der Waals surface area contributed by atoms with Crippen molar-refractivity contribution in [2.24, 2.45) is 5.10 Å². The first-order valence-corrected chi connectivity index (χ1v) is 9.16. The molecule has 0 saturated carbocycles. The van der Waals surface area contributed by atoms with Crippen LogP contribution in [0.1, 0.15) is 37.5 Å². The van der Waals surface area contributed by atoms with Gasteiger partial charge in [0, 0.05) is 32.7 Å². The molecule has 1 aliphatic rings. The molecule has 1 heterocycles. The molecule has 3 nitrogen and oxygen atoms in total. The third kappa shape index (κ3) is 5.17. The van der Waals surface area contributed by atoms with E-state index in [1.807, 2.05) is 6.21 Å². The van der Waals surface area contributed by atoms with Gasteiger partial charge in [-0.15, -0.1) is 0 Å². The van der Waals surface area contributed by atoms with Gasteiger partial charge < -0.3 is 0 Å². The van der Waals surface area contributed by atoms with Crippen LogP contribution in [-0.4, -0.2) is 42.3 Å². The molecule has 0 radical (unpaired) electrons. The molecular formula is C22H29N3. The van der Waals surface area contributed by atoms with Gasteiger partial charge in [0.1, 0.15) is 0 Å². The summed E-state index contributed by atoms with van der Waals surface area (Å²) >= 11 is 0. The molecule has 3 rings (SSSR count). The van der Waals surface area contributed by atoms with Crippen LogP contribution in [-0.2, 0) is 12.0 Å². The Hall–Kier alpha value is -2.13. The monoisotopic (exact) mass is 335 g/mol. The molecule has 0 bridgehead atoms. The first-order valence-electron chi connectivity index (χ1n) is 9.16. The molecule has 0 atom stereocenters. The second-order valence-electron chi connectivity index (χ2n) is 7.83. The number of hydrogen-bond donors (Lipinski definition) is 0. The molecule has 1 saturated heterocycles. The highest BCUT2D eigenvalue weighted by molar-refractivity contribution is 5.79. The molecule has 0 aliphatic carbocycles. The topological polar surface area (TPSA) is 18.8 Å². The van der Waals surface area contributed by atoms with Crippen LogP contribution < -0.4 is 0 Å². The summed E-state index contributed by atoms with van der Waals surface area (Å²) in [5.41, 5.74) is 4.11. The molecule has 0 N–H and O–H groups in total. The summed E-state index contributed by atoms with van der Waals surface area (Å²) in [7, 11) is 0. The largest absolute Gasteiger partial charge is 0.295 e. The fourth-order valence-electron chi connectivity index (χ4n) is 3.07. The average molecular weight is 335 g/mol. The fraction of sp³-hybridized carbons (Fsp3) is 0.409. The van der Waals surface area contributed by atoms with Crippen LogP contribution in [0.4, 0.5) is 0 Å². The molecule has 1 aliphatic heterocycles. The van der Waals surface area contributed by atoms with Crippen LogP contribution in [0.5, 0.6) is 0 Å². The summed E-state index contributed by atoms with van der Waals surface area (Å²) in [6.07, 6.45) is 1.99. The lowest BCUT2D eigenvalue weighted by atomic mass is 9.87. The van der Waals surface area contributed by atoms with E-state index in [-0.39, 0.29) is 5.41 Å². The molecule has 25 heavy (non-hydrogen) atoms. The number of hydrogen-bond acceptors (Lipinski definition) is 3. The minimum Gasteiger partial charge on any atom is -0.295 e. The second kappa shape index (κ2) is 7.83. The minimum atomic E-state index is 0.199. The summed E-state index contributed by atoms with van der Waals surface area (Å²) in [6.45, 7) is 11.9. The Morgan fingerprint density at radius 1 is 0.880 bits per heavy atom. The van der Waals surface area contributed by atoms with E-state index in [1.54, 1.807) is 0 Å². The molecular weight excluding hydrogens is 306 g/mol. The first-order chi connectivity index (χ1) is 12.0. The van der Waals surface area contributed by atoms with E-state index in [2.05, 4.69) is 90.4 Å². The highest BCUT2D eigenvalue weighted by Crippen LogP contribution is 2.21. The van der Waals surface area contributed by atoms with Gasteiger partial charge in [-0.1, -0.05) is 75.4 Å². The van der Waals surface area contributed by atoms with E-state index in [0.717, 1.165) is 32.7 Å². The van der Waals surface area contributed by atoms with Crippen LogP contribution >= 0.6 is 0 Å². The van der Waals surface area contributed by atoms with Gasteiger partial charge in [-0.25, -0.2) is 0 Å². The first kappa shape index (κ1) is 17.7. The van der Waals surface area contributed by atoms with Crippen LogP contribution in [0.3, 0.4) is 0 Å². The van der Waals surface area contributed by atoms with Gasteiger partial charge in [-0.2, -0.15) is 5.10 Å². The molecule has 0 aromatic heterocycles. The molecule has 0 amide bonds. The lowest BCUT2D eigenvalue weighted by Gasteiger charge is -2.33. The Morgan fingerprint density at radius 3 is 2.12 bits per heavy atom. The summed E-state index contributed by atoms with van der Waals surface area (Å²) in [6, 6.07) is 19.4. The van der Waals surface area contributed by atoms with Gasteiger partial charge in [0.25, 0.3) is 0 Å². The van der Waals surface area contributed by atoms with Crippen molar-refractivity contribution >= 4 is 6.21 Å². The van der Waals surface area contributed by atoms with E-state index in [0.29, 0.717) is 0 Å². The maximum Gasteiger partial charge on any atom is 0.0542 e. The third-order valence-electron chi connectivity index (χ3n) is 4.74. The highest BCUT2D eigenvalue weighted by atomic mass is 15.5. The fourth-order valence-corrected chi connectivity index (χ4v) is 3.07. The molecule has 1 fully saturated rings. The molecule has 2 aromatic carbocycles. The van der Waals surface area contributed by atoms with Crippen molar-refractivity contribution in [3.05, 3.63) is 71.3 Å². The lowest BCUT2D eigenvalue weighted by Crippen LogP contribution is -2.43. The molecule has 3 heteroatoms. The Morgan fingerprint density at radius 2 is 1.52 bits per heavy atom. The Kier molecular flexibility index (Phi) is 5.54. The van der Waals surface area contributed by atoms with Crippen molar-refractivity contribution in [1.29, 1.82) is 0 Å². The van der Waals surface area contributed by atoms with Gasteiger partial charge in [0.15, 0.2) is 0 Å². The van der Waals surface area contributed by atoms with Gasteiger partial charge in [0.05, 0.1) is 6.21 Å². The Bertz CT molecular complexity index is 675. The van der Waals surface area contributed by atoms with Gasteiger partial charge in [0.2, 0.25) is 0 Å². The predicted octanol–water partition coefficient (Wildman–Crippen LogP) is 4.14. The predicted molar refractivity (Wildman–Crippen MR) is 106 cm³/mol. The van der Waals surface area contributed by atoms with Gasteiger partial charge >= 0.3 is 0 Å². The zero-order valence-corrected chi connectivity index (χ0v) is 15.7. The standard InChI is InChI=1S/C22H29N3/c1-22(2,3)21-11-9-19(10-12-21)17-23-25-15-13-24(14-16-25)18-20-7-5-4-6-8-20/h4-12,17H,13-16,18H2,1-3H3/b23-17+. The normalized spacial score (nSPS) is 16.5. The number of piperazine rings is 1. The number of benzene rings is 2. The zero-order chi connectivity index (χ0) is 17.7. The number of nitrogens with zero attached hydrogens (tertiary/aromatic N) is 3. The van der Waals surface area contributed by atoms with Crippen LogP contribution in [0, 0.1) is 0 Å². The van der Waals surface area contributed by atoms with Gasteiger partial charge in [-0.3, -0.25) is 9.91 Å². The van der Waals surface area contributed by atoms with Crippen molar-refractivity contribution in [3.8, 4) is 0 Å². The van der Waals surface area contributed by atoms with Crippen molar-refractivity contribution < 1.29 is 0 Å². The maximum atomic E-state index is 4.67. The average Bonchev–Trinajstić information content (AvgIpc) is 2.62. The summed E-state index contributed by atoms with van der Waals surface area (Å²) < 4.78 is 0. The van der Waals surface area contributed by atoms with E-state index >= 15 is 0 Å². The van der Waals surface area contributed by atoms with Crippen LogP contribution in [0.25, 0.3) is 0 Å². The SMILES string of the molecule is CC(C)(C)c1ccc(/C=N/N2CCN(Cc3ccccc3)CC2)cc1. The maximum absolute atomic E-state index is 4.67. The molecule has 132 valence electrons. The second-order valence-corrected chi connectivity index (χ2v) is 7.83.